The first kappa shape index (κ1) is 10.7. The third-order valence-electron chi connectivity index (χ3n) is 2.20. The maximum absolute atomic E-state index is 3.57. The van der Waals surface area contributed by atoms with Crippen LogP contribution >= 0.6 is 23.5 Å². The Balaban J connectivity index is 2.29. The lowest BCUT2D eigenvalue weighted by atomic mass is 10.1. The molecule has 3 heteroatoms. The fourth-order valence-electron chi connectivity index (χ4n) is 1.54. The average molecular weight is 205 g/mol. The van der Waals surface area contributed by atoms with Gasteiger partial charge in [-0.3, -0.25) is 0 Å². The fourth-order valence-corrected chi connectivity index (χ4v) is 4.52. The van der Waals surface area contributed by atoms with Gasteiger partial charge >= 0.3 is 0 Å². The highest BCUT2D eigenvalue weighted by atomic mass is 32.2. The molecule has 1 saturated heterocycles. The molecule has 0 aliphatic carbocycles. The Morgan fingerprint density at radius 2 is 2.25 bits per heavy atom. The predicted molar refractivity (Wildman–Crippen MR) is 61.3 cm³/mol. The van der Waals surface area contributed by atoms with Gasteiger partial charge in [0.25, 0.3) is 0 Å². The summed E-state index contributed by atoms with van der Waals surface area (Å²) in [5.41, 5.74) is 0. The highest BCUT2D eigenvalue weighted by Crippen LogP contribution is 2.27. The van der Waals surface area contributed by atoms with Crippen LogP contribution in [0.3, 0.4) is 0 Å². The molecular weight excluding hydrogens is 186 g/mol. The summed E-state index contributed by atoms with van der Waals surface area (Å²) in [6, 6.07) is 0.743. The van der Waals surface area contributed by atoms with Crippen LogP contribution in [0.2, 0.25) is 0 Å². The summed E-state index contributed by atoms with van der Waals surface area (Å²) in [6.45, 7) is 5.59. The Morgan fingerprint density at radius 3 is 2.75 bits per heavy atom. The van der Waals surface area contributed by atoms with Gasteiger partial charge in [-0.2, -0.15) is 23.5 Å². The van der Waals surface area contributed by atoms with Crippen molar-refractivity contribution < 1.29 is 0 Å². The van der Waals surface area contributed by atoms with Gasteiger partial charge in [-0.25, -0.2) is 0 Å². The summed E-state index contributed by atoms with van der Waals surface area (Å²) in [7, 11) is 0. The van der Waals surface area contributed by atoms with Crippen LogP contribution in [0.4, 0.5) is 0 Å². The molecule has 0 aromatic heterocycles. The Kier molecular flexibility index (Phi) is 5.52. The van der Waals surface area contributed by atoms with Gasteiger partial charge in [0, 0.05) is 28.6 Å². The van der Waals surface area contributed by atoms with E-state index < -0.39 is 0 Å². The van der Waals surface area contributed by atoms with Crippen LogP contribution in [0.25, 0.3) is 0 Å². The molecule has 0 bridgehead atoms. The highest BCUT2D eigenvalue weighted by Gasteiger charge is 2.21. The summed E-state index contributed by atoms with van der Waals surface area (Å²) >= 11 is 4.26. The van der Waals surface area contributed by atoms with Gasteiger partial charge in [-0.1, -0.05) is 13.8 Å². The van der Waals surface area contributed by atoms with Crippen LogP contribution in [0.1, 0.15) is 20.3 Å². The third-order valence-corrected chi connectivity index (χ3v) is 5.12. The predicted octanol–water partition coefficient (Wildman–Crippen LogP) is 2.22. The Morgan fingerprint density at radius 1 is 1.42 bits per heavy atom. The monoisotopic (exact) mass is 205 g/mol. The molecule has 0 radical (unpaired) electrons. The third kappa shape index (κ3) is 3.19. The molecule has 2 unspecified atom stereocenters. The van der Waals surface area contributed by atoms with Gasteiger partial charge in [-0.05, 0) is 13.0 Å². The van der Waals surface area contributed by atoms with E-state index in [0.717, 1.165) is 17.8 Å². The minimum atomic E-state index is 0.743. The largest absolute Gasteiger partial charge is 0.313 e. The molecule has 1 N–H and O–H groups in total. The normalized spacial score (nSPS) is 27.0. The van der Waals surface area contributed by atoms with E-state index in [1.807, 2.05) is 0 Å². The Labute approximate surface area is 84.4 Å². The van der Waals surface area contributed by atoms with E-state index in [1.54, 1.807) is 0 Å². The second-order valence-electron chi connectivity index (χ2n) is 3.06. The van der Waals surface area contributed by atoms with E-state index in [2.05, 4.69) is 42.7 Å². The van der Waals surface area contributed by atoms with Crippen molar-refractivity contribution in [1.82, 2.24) is 5.32 Å². The lowest BCUT2D eigenvalue weighted by Crippen LogP contribution is -2.40. The van der Waals surface area contributed by atoms with E-state index in [9.17, 15) is 0 Å². The van der Waals surface area contributed by atoms with Crippen molar-refractivity contribution in [3.8, 4) is 0 Å². The Bertz CT molecular complexity index is 110. The average Bonchev–Trinajstić information content (AvgIpc) is 2.15. The number of hydrogen-bond acceptors (Lipinski definition) is 3. The molecule has 0 aromatic rings. The van der Waals surface area contributed by atoms with Crippen LogP contribution < -0.4 is 5.32 Å². The number of nitrogens with one attached hydrogen (secondary N) is 1. The molecule has 72 valence electrons. The van der Waals surface area contributed by atoms with Gasteiger partial charge in [-0.15, -0.1) is 0 Å². The minimum Gasteiger partial charge on any atom is -0.313 e. The van der Waals surface area contributed by atoms with Crippen molar-refractivity contribution in [2.75, 3.05) is 23.8 Å². The molecule has 2 atom stereocenters. The van der Waals surface area contributed by atoms with Crippen LogP contribution in [0.15, 0.2) is 0 Å². The van der Waals surface area contributed by atoms with Gasteiger partial charge in [0.2, 0.25) is 0 Å². The zero-order valence-corrected chi connectivity index (χ0v) is 9.64. The molecule has 1 heterocycles. The van der Waals surface area contributed by atoms with Crippen molar-refractivity contribution >= 4 is 23.5 Å². The molecule has 1 aliphatic rings. The van der Waals surface area contributed by atoms with Gasteiger partial charge in [0.1, 0.15) is 0 Å². The molecule has 0 aromatic carbocycles. The standard InChI is InChI=1S/C9H19NS2/c1-3-8(10-4-2)9-7-11-5-6-12-9/h8-10H,3-7H2,1-2H3. The summed E-state index contributed by atoms with van der Waals surface area (Å²) in [5, 5.41) is 4.42. The SMILES string of the molecule is CCNC(CC)C1CSCCS1. The summed E-state index contributed by atoms with van der Waals surface area (Å²) in [4.78, 5) is 0. The number of rotatable bonds is 4. The molecule has 1 nitrogen and oxygen atoms in total. The number of thioether (sulfide) groups is 2. The number of hydrogen-bond donors (Lipinski definition) is 1. The van der Waals surface area contributed by atoms with Crippen molar-refractivity contribution in [1.29, 1.82) is 0 Å². The van der Waals surface area contributed by atoms with E-state index in [-0.39, 0.29) is 0 Å². The molecule has 0 amide bonds. The van der Waals surface area contributed by atoms with Gasteiger partial charge in [0.15, 0.2) is 0 Å². The quantitative estimate of drug-likeness (QED) is 0.756. The second kappa shape index (κ2) is 6.17. The summed E-state index contributed by atoms with van der Waals surface area (Å²) in [5.74, 6) is 4.04. The first-order valence-electron chi connectivity index (χ1n) is 4.81. The minimum absolute atomic E-state index is 0.743. The van der Waals surface area contributed by atoms with Crippen LogP contribution in [-0.2, 0) is 0 Å². The molecule has 0 spiro atoms. The van der Waals surface area contributed by atoms with Crippen LogP contribution in [-0.4, -0.2) is 35.1 Å². The van der Waals surface area contributed by atoms with Crippen molar-refractivity contribution in [3.05, 3.63) is 0 Å². The first-order valence-corrected chi connectivity index (χ1v) is 7.01. The topological polar surface area (TPSA) is 12.0 Å². The van der Waals surface area contributed by atoms with E-state index in [4.69, 9.17) is 0 Å². The second-order valence-corrected chi connectivity index (χ2v) is 5.55. The Hall–Kier alpha value is 0.660. The fraction of sp³-hybridized carbons (Fsp3) is 1.00. The lowest BCUT2D eigenvalue weighted by Gasteiger charge is -2.29. The molecule has 0 saturated carbocycles. The van der Waals surface area contributed by atoms with Crippen LogP contribution in [0, 0.1) is 0 Å². The molecule has 1 aliphatic heterocycles. The maximum Gasteiger partial charge on any atom is 0.0291 e. The van der Waals surface area contributed by atoms with Gasteiger partial charge < -0.3 is 5.32 Å². The molecule has 1 rings (SSSR count). The lowest BCUT2D eigenvalue weighted by molar-refractivity contribution is 0.511. The zero-order chi connectivity index (χ0) is 8.81. The first-order chi connectivity index (χ1) is 5.88. The van der Waals surface area contributed by atoms with E-state index >= 15 is 0 Å². The molecule has 1 fully saturated rings. The van der Waals surface area contributed by atoms with Crippen LogP contribution in [0.5, 0.6) is 0 Å². The molecular formula is C9H19NS2. The van der Waals surface area contributed by atoms with E-state index in [0.29, 0.717) is 0 Å². The molecule has 12 heavy (non-hydrogen) atoms. The van der Waals surface area contributed by atoms with Crippen molar-refractivity contribution in [2.45, 2.75) is 31.6 Å². The zero-order valence-electron chi connectivity index (χ0n) is 8.01. The van der Waals surface area contributed by atoms with Crippen molar-refractivity contribution in [3.63, 3.8) is 0 Å². The van der Waals surface area contributed by atoms with Crippen molar-refractivity contribution in [2.24, 2.45) is 0 Å². The summed E-state index contributed by atoms with van der Waals surface area (Å²) < 4.78 is 0. The summed E-state index contributed by atoms with van der Waals surface area (Å²) in [6.07, 6.45) is 1.27. The van der Waals surface area contributed by atoms with Gasteiger partial charge in [0.05, 0.1) is 0 Å². The smallest absolute Gasteiger partial charge is 0.0291 e. The highest BCUT2D eigenvalue weighted by molar-refractivity contribution is 8.06. The maximum atomic E-state index is 3.57. The van der Waals surface area contributed by atoms with E-state index in [1.165, 1.54) is 23.7 Å².